The van der Waals surface area contributed by atoms with E-state index in [1.165, 1.54) is 0 Å². The lowest BCUT2D eigenvalue weighted by atomic mass is 9.81. The van der Waals surface area contributed by atoms with Gasteiger partial charge in [0.2, 0.25) is 11.8 Å². The molecule has 1 atom stereocenters. The van der Waals surface area contributed by atoms with E-state index in [1.54, 1.807) is 6.92 Å². The smallest absolute Gasteiger partial charge is 0.236 e. The molecule has 0 radical (unpaired) electrons. The number of ether oxygens (including phenoxy) is 1. The van der Waals surface area contributed by atoms with Gasteiger partial charge in [-0.1, -0.05) is 0 Å². The lowest BCUT2D eigenvalue weighted by molar-refractivity contribution is -0.121. The van der Waals surface area contributed by atoms with Gasteiger partial charge in [-0.05, 0) is 13.8 Å². The maximum atomic E-state index is 11.8. The fourth-order valence-corrected chi connectivity index (χ4v) is 2.19. The highest BCUT2D eigenvalue weighted by Gasteiger charge is 2.48. The molecule has 0 fully saturated rings. The van der Waals surface area contributed by atoms with Crippen LogP contribution in [-0.4, -0.2) is 22.5 Å². The molecule has 5 nitrogen and oxygen atoms in total. The summed E-state index contributed by atoms with van der Waals surface area (Å²) < 4.78 is 5.47. The summed E-state index contributed by atoms with van der Waals surface area (Å²) >= 11 is 0. The Morgan fingerprint density at radius 2 is 2.27 bits per heavy atom. The Balaban J connectivity index is 2.32. The molecule has 3 heterocycles. The van der Waals surface area contributed by atoms with E-state index in [9.17, 15) is 4.79 Å². The Morgan fingerprint density at radius 1 is 1.47 bits per heavy atom. The van der Waals surface area contributed by atoms with Crippen molar-refractivity contribution in [2.24, 2.45) is 0 Å². The van der Waals surface area contributed by atoms with Crippen LogP contribution in [0.15, 0.2) is 0 Å². The summed E-state index contributed by atoms with van der Waals surface area (Å²) in [5, 5.41) is 2.79. The SMILES string of the molecule is Cc1nc2c3c(n1)OCCC3(C)C(=O)N2. The first-order valence-corrected chi connectivity index (χ1v) is 4.94. The molecule has 0 spiro atoms. The van der Waals surface area contributed by atoms with Crippen LogP contribution in [0.1, 0.15) is 24.7 Å². The normalized spacial score (nSPS) is 26.9. The van der Waals surface area contributed by atoms with Crippen LogP contribution in [0.3, 0.4) is 0 Å². The standard InChI is InChI=1S/C10H11N3O2/c1-5-11-7-6-8(12-5)15-4-3-10(6,2)9(14)13-7/h3-4H2,1-2H3,(H,11,12,13,14). The number of anilines is 1. The number of carbonyl (C=O) groups excluding carboxylic acids is 1. The first-order valence-electron chi connectivity index (χ1n) is 4.94. The van der Waals surface area contributed by atoms with E-state index >= 15 is 0 Å². The molecule has 5 heteroatoms. The van der Waals surface area contributed by atoms with Gasteiger partial charge in [0.05, 0.1) is 17.6 Å². The van der Waals surface area contributed by atoms with Gasteiger partial charge >= 0.3 is 0 Å². The van der Waals surface area contributed by atoms with E-state index in [0.29, 0.717) is 30.5 Å². The van der Waals surface area contributed by atoms with Crippen molar-refractivity contribution in [2.75, 3.05) is 11.9 Å². The van der Waals surface area contributed by atoms with Gasteiger partial charge in [0.25, 0.3) is 0 Å². The number of hydrogen-bond acceptors (Lipinski definition) is 4. The lowest BCUT2D eigenvalue weighted by Gasteiger charge is -2.27. The zero-order chi connectivity index (χ0) is 10.6. The van der Waals surface area contributed by atoms with E-state index in [4.69, 9.17) is 4.74 Å². The van der Waals surface area contributed by atoms with Crippen molar-refractivity contribution < 1.29 is 9.53 Å². The van der Waals surface area contributed by atoms with Crippen molar-refractivity contribution in [3.05, 3.63) is 11.4 Å². The van der Waals surface area contributed by atoms with Gasteiger partial charge < -0.3 is 10.1 Å². The third-order valence-corrected chi connectivity index (χ3v) is 3.11. The van der Waals surface area contributed by atoms with Crippen LogP contribution in [0.5, 0.6) is 5.88 Å². The molecule has 15 heavy (non-hydrogen) atoms. The summed E-state index contributed by atoms with van der Waals surface area (Å²) in [6, 6.07) is 0. The topological polar surface area (TPSA) is 64.1 Å². The highest BCUT2D eigenvalue weighted by molar-refractivity contribution is 6.05. The number of rotatable bonds is 0. The molecular weight excluding hydrogens is 194 g/mol. The molecule has 1 amide bonds. The minimum atomic E-state index is -0.503. The Labute approximate surface area is 86.9 Å². The minimum Gasteiger partial charge on any atom is -0.477 e. The summed E-state index contributed by atoms with van der Waals surface area (Å²) in [6.07, 6.45) is 0.686. The Hall–Kier alpha value is -1.65. The van der Waals surface area contributed by atoms with Crippen molar-refractivity contribution in [3.63, 3.8) is 0 Å². The number of carbonyl (C=O) groups is 1. The number of aromatic nitrogens is 2. The van der Waals surface area contributed by atoms with Gasteiger partial charge in [0.15, 0.2) is 0 Å². The van der Waals surface area contributed by atoms with E-state index in [-0.39, 0.29) is 5.91 Å². The predicted molar refractivity (Wildman–Crippen MR) is 52.9 cm³/mol. The second-order valence-corrected chi connectivity index (χ2v) is 4.18. The van der Waals surface area contributed by atoms with Gasteiger partial charge in [0, 0.05) is 6.42 Å². The summed E-state index contributed by atoms with van der Waals surface area (Å²) in [6.45, 7) is 4.24. The van der Waals surface area contributed by atoms with E-state index < -0.39 is 5.41 Å². The molecule has 1 unspecified atom stereocenters. The van der Waals surface area contributed by atoms with Gasteiger partial charge in [-0.25, -0.2) is 4.98 Å². The molecule has 0 bridgehead atoms. The first-order chi connectivity index (χ1) is 7.11. The zero-order valence-electron chi connectivity index (χ0n) is 8.63. The Kier molecular flexibility index (Phi) is 1.43. The summed E-state index contributed by atoms with van der Waals surface area (Å²) in [5.41, 5.74) is 0.320. The van der Waals surface area contributed by atoms with Gasteiger partial charge in [-0.15, -0.1) is 0 Å². The van der Waals surface area contributed by atoms with Crippen LogP contribution in [0.2, 0.25) is 0 Å². The van der Waals surface area contributed by atoms with Crippen molar-refractivity contribution in [2.45, 2.75) is 25.7 Å². The monoisotopic (exact) mass is 205 g/mol. The minimum absolute atomic E-state index is 0.00181. The van der Waals surface area contributed by atoms with Crippen molar-refractivity contribution in [1.82, 2.24) is 9.97 Å². The van der Waals surface area contributed by atoms with E-state index in [0.717, 1.165) is 5.56 Å². The maximum Gasteiger partial charge on any atom is 0.236 e. The summed E-state index contributed by atoms with van der Waals surface area (Å²) in [5.74, 6) is 1.80. The number of nitrogens with one attached hydrogen (secondary N) is 1. The molecule has 3 rings (SSSR count). The Bertz CT molecular complexity index is 472. The largest absolute Gasteiger partial charge is 0.477 e. The molecule has 0 saturated carbocycles. The Morgan fingerprint density at radius 3 is 3.07 bits per heavy atom. The van der Waals surface area contributed by atoms with Gasteiger partial charge in [0.1, 0.15) is 11.6 Å². The maximum absolute atomic E-state index is 11.8. The van der Waals surface area contributed by atoms with Crippen LogP contribution in [0.25, 0.3) is 0 Å². The number of hydrogen-bond donors (Lipinski definition) is 1. The van der Waals surface area contributed by atoms with Crippen LogP contribution >= 0.6 is 0 Å². The molecular formula is C10H11N3O2. The lowest BCUT2D eigenvalue weighted by Crippen LogP contribution is -2.35. The molecule has 2 aliphatic rings. The number of nitrogens with zero attached hydrogens (tertiary/aromatic N) is 2. The molecule has 0 aromatic carbocycles. The third-order valence-electron chi connectivity index (χ3n) is 3.11. The average Bonchev–Trinajstić information content (AvgIpc) is 2.39. The first kappa shape index (κ1) is 8.64. The summed E-state index contributed by atoms with van der Waals surface area (Å²) in [7, 11) is 0. The number of aryl methyl sites for hydroxylation is 1. The highest BCUT2D eigenvalue weighted by atomic mass is 16.5. The van der Waals surface area contributed by atoms with Crippen molar-refractivity contribution in [1.29, 1.82) is 0 Å². The van der Waals surface area contributed by atoms with Crippen LogP contribution in [0.4, 0.5) is 5.82 Å². The van der Waals surface area contributed by atoms with Crippen LogP contribution in [0, 0.1) is 6.92 Å². The van der Waals surface area contributed by atoms with Gasteiger partial charge in [-0.2, -0.15) is 4.98 Å². The zero-order valence-corrected chi connectivity index (χ0v) is 8.63. The molecule has 1 aromatic rings. The molecule has 1 aromatic heterocycles. The summed E-state index contributed by atoms with van der Waals surface area (Å²) in [4.78, 5) is 20.3. The molecule has 0 aliphatic carbocycles. The molecule has 2 aliphatic heterocycles. The van der Waals surface area contributed by atoms with Crippen LogP contribution < -0.4 is 10.1 Å². The second kappa shape index (κ2) is 2.48. The number of amides is 1. The fraction of sp³-hybridized carbons (Fsp3) is 0.500. The molecule has 78 valence electrons. The van der Waals surface area contributed by atoms with E-state index in [2.05, 4.69) is 15.3 Å². The van der Waals surface area contributed by atoms with Crippen molar-refractivity contribution >= 4 is 11.7 Å². The quantitative estimate of drug-likeness (QED) is 0.679. The molecule has 0 saturated heterocycles. The average molecular weight is 205 g/mol. The fourth-order valence-electron chi connectivity index (χ4n) is 2.19. The predicted octanol–water partition coefficient (Wildman–Crippen LogP) is 0.777. The van der Waals surface area contributed by atoms with Crippen LogP contribution in [-0.2, 0) is 10.2 Å². The molecule has 1 N–H and O–H groups in total. The van der Waals surface area contributed by atoms with Crippen molar-refractivity contribution in [3.8, 4) is 5.88 Å². The van der Waals surface area contributed by atoms with Gasteiger partial charge in [-0.3, -0.25) is 4.79 Å². The third kappa shape index (κ3) is 0.948. The van der Waals surface area contributed by atoms with E-state index in [1.807, 2.05) is 6.92 Å². The second-order valence-electron chi connectivity index (χ2n) is 4.18. The highest BCUT2D eigenvalue weighted by Crippen LogP contribution is 2.46.